The van der Waals surface area contributed by atoms with Crippen LogP contribution in [0, 0.1) is 18.6 Å². The lowest BCUT2D eigenvalue weighted by Gasteiger charge is -2.10. The molecule has 0 saturated heterocycles. The number of rotatable bonds is 4. The Morgan fingerprint density at radius 1 is 1.04 bits per heavy atom. The van der Waals surface area contributed by atoms with Gasteiger partial charge in [0.25, 0.3) is 11.5 Å². The molecule has 0 atom stereocenters. The van der Waals surface area contributed by atoms with Gasteiger partial charge in [0.2, 0.25) is 0 Å². The highest BCUT2D eigenvalue weighted by Gasteiger charge is 2.10. The summed E-state index contributed by atoms with van der Waals surface area (Å²) in [6.45, 7) is 1.84. The Bertz CT molecular complexity index is 1010. The fourth-order valence-corrected chi connectivity index (χ4v) is 2.45. The van der Waals surface area contributed by atoms with Crippen molar-refractivity contribution in [3.63, 3.8) is 0 Å². The minimum Gasteiger partial charge on any atom is -0.322 e. The van der Waals surface area contributed by atoms with Gasteiger partial charge in [-0.3, -0.25) is 9.59 Å². The maximum atomic E-state index is 13.6. The summed E-state index contributed by atoms with van der Waals surface area (Å²) in [4.78, 5) is 24.4. The smallest absolute Gasteiger partial charge is 0.257 e. The molecule has 132 valence electrons. The summed E-state index contributed by atoms with van der Waals surface area (Å²) < 4.78 is 27.9. The molecule has 1 amide bonds. The molecular weight excluding hydrogens is 338 g/mol. The Morgan fingerprint density at radius 2 is 1.77 bits per heavy atom. The van der Waals surface area contributed by atoms with Gasteiger partial charge in [-0.2, -0.15) is 0 Å². The second-order valence-corrected chi connectivity index (χ2v) is 5.93. The number of hydrogen-bond donors (Lipinski definition) is 1. The van der Waals surface area contributed by atoms with E-state index in [1.54, 1.807) is 31.2 Å². The second-order valence-electron chi connectivity index (χ2n) is 5.93. The molecule has 3 aromatic rings. The second kappa shape index (κ2) is 7.31. The zero-order valence-electron chi connectivity index (χ0n) is 14.0. The summed E-state index contributed by atoms with van der Waals surface area (Å²) in [5, 5.41) is 2.60. The highest BCUT2D eigenvalue weighted by atomic mass is 19.1. The van der Waals surface area contributed by atoms with Crippen molar-refractivity contribution in [3.8, 4) is 0 Å². The Balaban J connectivity index is 1.81. The van der Waals surface area contributed by atoms with E-state index in [0.29, 0.717) is 11.3 Å². The van der Waals surface area contributed by atoms with Gasteiger partial charge < -0.3 is 9.88 Å². The van der Waals surface area contributed by atoms with Crippen LogP contribution in [0.2, 0.25) is 0 Å². The fourth-order valence-electron chi connectivity index (χ4n) is 2.45. The summed E-state index contributed by atoms with van der Waals surface area (Å²) in [5.74, 6) is -1.23. The Kier molecular flexibility index (Phi) is 4.93. The van der Waals surface area contributed by atoms with Gasteiger partial charge in [-0.05, 0) is 48.4 Å². The number of nitrogens with one attached hydrogen (secondary N) is 1. The van der Waals surface area contributed by atoms with E-state index in [2.05, 4.69) is 5.32 Å². The number of nitrogens with zero attached hydrogens (tertiary/aromatic N) is 1. The molecule has 1 heterocycles. The van der Waals surface area contributed by atoms with Crippen molar-refractivity contribution in [2.24, 2.45) is 0 Å². The third-order valence-electron chi connectivity index (χ3n) is 3.94. The molecule has 0 aliphatic carbocycles. The van der Waals surface area contributed by atoms with Gasteiger partial charge in [0, 0.05) is 18.0 Å². The first-order valence-electron chi connectivity index (χ1n) is 7.95. The number of carbonyl (C=O) groups excluding carboxylic acids is 1. The summed E-state index contributed by atoms with van der Waals surface area (Å²) in [6.07, 6.45) is 1.42. The fraction of sp³-hybridized carbons (Fsp3) is 0.100. The largest absolute Gasteiger partial charge is 0.322 e. The predicted octanol–water partition coefficient (Wildman–Crippen LogP) is 3.74. The van der Waals surface area contributed by atoms with E-state index in [1.165, 1.54) is 41.1 Å². The minimum atomic E-state index is -0.457. The summed E-state index contributed by atoms with van der Waals surface area (Å²) in [7, 11) is 0. The van der Waals surface area contributed by atoms with Crippen molar-refractivity contribution < 1.29 is 13.6 Å². The quantitative estimate of drug-likeness (QED) is 0.776. The molecule has 0 bridgehead atoms. The van der Waals surface area contributed by atoms with Crippen molar-refractivity contribution in [1.82, 2.24) is 4.57 Å². The number of anilines is 1. The maximum Gasteiger partial charge on any atom is 0.257 e. The van der Waals surface area contributed by atoms with Crippen LogP contribution in [-0.4, -0.2) is 10.5 Å². The van der Waals surface area contributed by atoms with Crippen molar-refractivity contribution in [2.45, 2.75) is 13.5 Å². The van der Waals surface area contributed by atoms with Crippen LogP contribution < -0.4 is 10.9 Å². The van der Waals surface area contributed by atoms with Gasteiger partial charge >= 0.3 is 0 Å². The molecule has 3 rings (SSSR count). The van der Waals surface area contributed by atoms with E-state index in [9.17, 15) is 18.4 Å². The van der Waals surface area contributed by atoms with Crippen molar-refractivity contribution >= 4 is 11.6 Å². The van der Waals surface area contributed by atoms with E-state index in [1.807, 2.05) is 0 Å². The normalized spacial score (nSPS) is 10.6. The van der Waals surface area contributed by atoms with E-state index < -0.39 is 11.7 Å². The first kappa shape index (κ1) is 17.5. The molecule has 2 aromatic carbocycles. The van der Waals surface area contributed by atoms with Gasteiger partial charge in [-0.1, -0.05) is 18.2 Å². The molecular formula is C20H16F2N2O2. The van der Waals surface area contributed by atoms with Crippen molar-refractivity contribution in [2.75, 3.05) is 5.32 Å². The maximum absolute atomic E-state index is 13.6. The standard InChI is InChI=1S/C20H16F2N2O2/c1-13-2-8-17(10-18(13)22)23-20(26)15-5-9-19(25)24(12-15)11-14-3-6-16(21)7-4-14/h2-10,12H,11H2,1H3,(H,23,26). The average molecular weight is 354 g/mol. The van der Waals surface area contributed by atoms with Crippen LogP contribution in [0.25, 0.3) is 0 Å². The highest BCUT2D eigenvalue weighted by molar-refractivity contribution is 6.04. The first-order chi connectivity index (χ1) is 12.4. The summed E-state index contributed by atoms with van der Waals surface area (Å²) in [6, 6.07) is 12.9. The molecule has 0 radical (unpaired) electrons. The van der Waals surface area contributed by atoms with Gasteiger partial charge in [-0.25, -0.2) is 8.78 Å². The SMILES string of the molecule is Cc1ccc(NC(=O)c2ccc(=O)n(Cc3ccc(F)cc3)c2)cc1F. The summed E-state index contributed by atoms with van der Waals surface area (Å²) >= 11 is 0. The van der Waals surface area contributed by atoms with Gasteiger partial charge in [0.05, 0.1) is 12.1 Å². The van der Waals surface area contributed by atoms with Crippen LogP contribution >= 0.6 is 0 Å². The lowest BCUT2D eigenvalue weighted by Crippen LogP contribution is -2.22. The van der Waals surface area contributed by atoms with Crippen molar-refractivity contribution in [1.29, 1.82) is 0 Å². The number of aromatic nitrogens is 1. The van der Waals surface area contributed by atoms with Crippen LogP contribution in [0.1, 0.15) is 21.5 Å². The number of carbonyl (C=O) groups is 1. The molecule has 4 nitrogen and oxygen atoms in total. The van der Waals surface area contributed by atoms with Gasteiger partial charge in [-0.15, -0.1) is 0 Å². The number of benzene rings is 2. The Hall–Kier alpha value is -3.28. The number of halogens is 2. The average Bonchev–Trinajstić information content (AvgIpc) is 2.62. The Labute approximate surface area is 148 Å². The number of amides is 1. The Morgan fingerprint density at radius 3 is 2.46 bits per heavy atom. The first-order valence-corrected chi connectivity index (χ1v) is 7.95. The van der Waals surface area contributed by atoms with Crippen LogP contribution in [0.15, 0.2) is 65.6 Å². The van der Waals surface area contributed by atoms with Crippen LogP contribution in [0.4, 0.5) is 14.5 Å². The van der Waals surface area contributed by atoms with Crippen molar-refractivity contribution in [3.05, 3.63) is 99.5 Å². The molecule has 1 aromatic heterocycles. The van der Waals surface area contributed by atoms with E-state index in [-0.39, 0.29) is 23.5 Å². The molecule has 26 heavy (non-hydrogen) atoms. The zero-order chi connectivity index (χ0) is 18.7. The van der Waals surface area contributed by atoms with E-state index in [0.717, 1.165) is 5.56 Å². The molecule has 0 spiro atoms. The molecule has 6 heteroatoms. The minimum absolute atomic E-state index is 0.208. The molecule has 0 unspecified atom stereocenters. The monoisotopic (exact) mass is 354 g/mol. The van der Waals surface area contributed by atoms with Crippen LogP contribution in [0.3, 0.4) is 0 Å². The highest BCUT2D eigenvalue weighted by Crippen LogP contribution is 2.14. The van der Waals surface area contributed by atoms with Gasteiger partial charge in [0.15, 0.2) is 0 Å². The van der Waals surface area contributed by atoms with E-state index in [4.69, 9.17) is 0 Å². The lowest BCUT2D eigenvalue weighted by molar-refractivity contribution is 0.102. The molecule has 0 saturated carbocycles. The zero-order valence-corrected chi connectivity index (χ0v) is 14.0. The number of pyridine rings is 1. The third-order valence-corrected chi connectivity index (χ3v) is 3.94. The molecule has 0 aliphatic rings. The van der Waals surface area contributed by atoms with Crippen LogP contribution in [0.5, 0.6) is 0 Å². The number of aryl methyl sites for hydroxylation is 1. The predicted molar refractivity (Wildman–Crippen MR) is 95.3 cm³/mol. The summed E-state index contributed by atoms with van der Waals surface area (Å²) in [5.41, 5.74) is 1.51. The molecule has 0 fully saturated rings. The topological polar surface area (TPSA) is 51.1 Å². The molecule has 0 aliphatic heterocycles. The number of hydrogen-bond acceptors (Lipinski definition) is 2. The lowest BCUT2D eigenvalue weighted by atomic mass is 10.2. The van der Waals surface area contributed by atoms with E-state index >= 15 is 0 Å². The molecule has 1 N–H and O–H groups in total. The van der Waals surface area contributed by atoms with Gasteiger partial charge in [0.1, 0.15) is 11.6 Å². The third kappa shape index (κ3) is 4.03. The van der Waals surface area contributed by atoms with Crippen LogP contribution in [-0.2, 0) is 6.54 Å².